The van der Waals surface area contributed by atoms with Gasteiger partial charge >= 0.3 is 11.7 Å². The molecule has 10 heteroatoms. The van der Waals surface area contributed by atoms with Crippen molar-refractivity contribution in [3.8, 4) is 0 Å². The molecule has 2 heterocycles. The number of aliphatic hydroxyl groups is 2. The van der Waals surface area contributed by atoms with Crippen LogP contribution in [-0.2, 0) is 19.1 Å². The Hall–Kier alpha value is -2.30. The van der Waals surface area contributed by atoms with Crippen molar-refractivity contribution in [3.63, 3.8) is 0 Å². The summed E-state index contributed by atoms with van der Waals surface area (Å²) in [6.45, 7) is 9.95. The molecule has 162 valence electrons. The van der Waals surface area contributed by atoms with E-state index in [0.29, 0.717) is 0 Å². The van der Waals surface area contributed by atoms with Gasteiger partial charge in [0, 0.05) is 11.6 Å². The fourth-order valence-electron chi connectivity index (χ4n) is 2.45. The van der Waals surface area contributed by atoms with Crippen molar-refractivity contribution in [1.29, 1.82) is 0 Å². The van der Waals surface area contributed by atoms with E-state index in [2.05, 4.69) is 10.3 Å². The number of hydrogen-bond acceptors (Lipinski definition) is 8. The van der Waals surface area contributed by atoms with Gasteiger partial charge in [0.2, 0.25) is 5.91 Å². The topological polar surface area (TPSA) is 140 Å². The van der Waals surface area contributed by atoms with Gasteiger partial charge in [0.1, 0.15) is 30.7 Å². The molecule has 0 spiro atoms. The molecule has 3 N–H and O–H groups in total. The maximum Gasteiger partial charge on any atom is 0.351 e. The van der Waals surface area contributed by atoms with E-state index in [-0.39, 0.29) is 18.3 Å². The van der Waals surface area contributed by atoms with Gasteiger partial charge in [-0.2, -0.15) is 4.98 Å². The minimum Gasteiger partial charge on any atom is -0.462 e. The zero-order valence-electron chi connectivity index (χ0n) is 17.5. The Morgan fingerprint density at radius 3 is 2.31 bits per heavy atom. The lowest BCUT2D eigenvalue weighted by Gasteiger charge is -2.20. The number of nitrogens with zero attached hydrogens (tertiary/aromatic N) is 2. The quantitative estimate of drug-likeness (QED) is 0.606. The molecule has 1 aromatic heterocycles. The summed E-state index contributed by atoms with van der Waals surface area (Å²) >= 11 is 0. The van der Waals surface area contributed by atoms with Crippen LogP contribution in [0.3, 0.4) is 0 Å². The fraction of sp³-hybridized carbons (Fsp3) is 0.684. The molecular weight excluding hydrogens is 382 g/mol. The Morgan fingerprint density at radius 2 is 1.79 bits per heavy atom. The molecule has 10 nitrogen and oxygen atoms in total. The fourth-order valence-corrected chi connectivity index (χ4v) is 2.45. The van der Waals surface area contributed by atoms with Crippen LogP contribution in [0.2, 0.25) is 0 Å². The van der Waals surface area contributed by atoms with Crippen LogP contribution >= 0.6 is 0 Å². The maximum absolute atomic E-state index is 12.4. The van der Waals surface area contributed by atoms with Crippen molar-refractivity contribution in [2.45, 2.75) is 66.1 Å². The van der Waals surface area contributed by atoms with E-state index in [1.165, 1.54) is 12.3 Å². The van der Waals surface area contributed by atoms with Gasteiger partial charge in [-0.25, -0.2) is 4.79 Å². The third-order valence-electron chi connectivity index (χ3n) is 4.36. The van der Waals surface area contributed by atoms with Crippen molar-refractivity contribution in [2.24, 2.45) is 10.8 Å². The van der Waals surface area contributed by atoms with Crippen LogP contribution in [0.15, 0.2) is 17.1 Å². The van der Waals surface area contributed by atoms with E-state index in [0.717, 1.165) is 4.57 Å². The molecule has 0 saturated carbocycles. The standard InChI is InChI=1S/C19H29N3O7/c1-18(2,3)15(25)20-11-7-8-22(17(27)21-11)14-13(24)12(23)10(29-14)9-28-16(26)19(4,5)6/h7-8,10,12-14,23-24H,9H2,1-6H3,(H,20,21,25,27)/t10-,12-,13-,14-/m1/s1. The van der Waals surface area contributed by atoms with Gasteiger partial charge in [0.25, 0.3) is 0 Å². The Bertz CT molecular complexity index is 822. The van der Waals surface area contributed by atoms with E-state index in [1.54, 1.807) is 41.5 Å². The zero-order valence-corrected chi connectivity index (χ0v) is 17.5. The number of amides is 1. The number of hydrogen-bond donors (Lipinski definition) is 3. The first-order chi connectivity index (χ1) is 13.2. The third-order valence-corrected chi connectivity index (χ3v) is 4.36. The van der Waals surface area contributed by atoms with Crippen molar-refractivity contribution >= 4 is 17.7 Å². The van der Waals surface area contributed by atoms with Gasteiger partial charge in [-0.3, -0.25) is 14.2 Å². The first-order valence-electron chi connectivity index (χ1n) is 9.31. The lowest BCUT2D eigenvalue weighted by Crippen LogP contribution is -2.37. The number of esters is 1. The molecule has 4 atom stereocenters. The number of ether oxygens (including phenoxy) is 2. The summed E-state index contributed by atoms with van der Waals surface area (Å²) in [5.41, 5.74) is -2.17. The maximum atomic E-state index is 12.4. The molecule has 1 aliphatic heterocycles. The van der Waals surface area contributed by atoms with Crippen LogP contribution in [0, 0.1) is 10.8 Å². The Balaban J connectivity index is 2.11. The number of carbonyl (C=O) groups excluding carboxylic acids is 2. The molecule has 1 saturated heterocycles. The molecular formula is C19H29N3O7. The first kappa shape index (κ1) is 23.0. The summed E-state index contributed by atoms with van der Waals surface area (Å²) < 4.78 is 11.7. The van der Waals surface area contributed by atoms with Crippen LogP contribution < -0.4 is 11.0 Å². The summed E-state index contributed by atoms with van der Waals surface area (Å²) in [6.07, 6.45) is -3.70. The second kappa shape index (κ2) is 8.21. The largest absolute Gasteiger partial charge is 0.462 e. The monoisotopic (exact) mass is 411 g/mol. The molecule has 2 rings (SSSR count). The summed E-state index contributed by atoms with van der Waals surface area (Å²) in [6, 6.07) is 1.39. The van der Waals surface area contributed by atoms with Gasteiger partial charge < -0.3 is 25.0 Å². The number of anilines is 1. The van der Waals surface area contributed by atoms with Crippen LogP contribution in [0.4, 0.5) is 5.82 Å². The van der Waals surface area contributed by atoms with Crippen LogP contribution in [-0.4, -0.2) is 56.6 Å². The lowest BCUT2D eigenvalue weighted by molar-refractivity contribution is -0.159. The number of carbonyl (C=O) groups is 2. The Kier molecular flexibility index (Phi) is 6.51. The molecule has 0 radical (unpaired) electrons. The van der Waals surface area contributed by atoms with E-state index in [9.17, 15) is 24.6 Å². The van der Waals surface area contributed by atoms with Crippen LogP contribution in [0.25, 0.3) is 0 Å². The lowest BCUT2D eigenvalue weighted by atomic mass is 9.96. The van der Waals surface area contributed by atoms with Gasteiger partial charge in [-0.15, -0.1) is 0 Å². The van der Waals surface area contributed by atoms with E-state index >= 15 is 0 Å². The predicted molar refractivity (Wildman–Crippen MR) is 103 cm³/mol. The molecule has 1 aromatic rings. The van der Waals surface area contributed by atoms with Crippen LogP contribution in [0.5, 0.6) is 0 Å². The smallest absolute Gasteiger partial charge is 0.351 e. The van der Waals surface area contributed by atoms with Crippen molar-refractivity contribution in [2.75, 3.05) is 11.9 Å². The SMILES string of the molecule is CC(C)(C)C(=O)Nc1ccn([C@@H]2O[C@H](COC(=O)C(C)(C)C)[C@@H](O)[C@H]2O)c(=O)n1. The molecule has 29 heavy (non-hydrogen) atoms. The molecule has 0 unspecified atom stereocenters. The van der Waals surface area contributed by atoms with Gasteiger partial charge in [0.15, 0.2) is 6.23 Å². The second-order valence-corrected chi connectivity index (χ2v) is 9.10. The summed E-state index contributed by atoms with van der Waals surface area (Å²) in [4.78, 5) is 40.0. The van der Waals surface area contributed by atoms with Crippen molar-refractivity contribution in [1.82, 2.24) is 9.55 Å². The molecule has 0 bridgehead atoms. The molecule has 1 aliphatic rings. The average Bonchev–Trinajstić information content (AvgIpc) is 2.86. The summed E-state index contributed by atoms with van der Waals surface area (Å²) in [5, 5.41) is 23.0. The number of aromatic nitrogens is 2. The highest BCUT2D eigenvalue weighted by Crippen LogP contribution is 2.29. The molecule has 0 aromatic carbocycles. The van der Waals surface area contributed by atoms with Gasteiger partial charge in [-0.05, 0) is 26.8 Å². The van der Waals surface area contributed by atoms with Crippen molar-refractivity contribution in [3.05, 3.63) is 22.7 Å². The number of rotatable bonds is 4. The molecule has 1 amide bonds. The second-order valence-electron chi connectivity index (χ2n) is 9.10. The number of aliphatic hydroxyl groups excluding tert-OH is 2. The molecule has 1 fully saturated rings. The third kappa shape index (κ3) is 5.40. The normalized spacial score (nSPS) is 25.0. The minimum atomic E-state index is -1.43. The van der Waals surface area contributed by atoms with Gasteiger partial charge in [0.05, 0.1) is 5.41 Å². The predicted octanol–water partition coefficient (Wildman–Crippen LogP) is 0.436. The first-order valence-corrected chi connectivity index (χ1v) is 9.31. The zero-order chi connectivity index (χ0) is 22.1. The average molecular weight is 411 g/mol. The van der Waals surface area contributed by atoms with E-state index in [1.807, 2.05) is 0 Å². The summed E-state index contributed by atoms with van der Waals surface area (Å²) in [7, 11) is 0. The van der Waals surface area contributed by atoms with E-state index in [4.69, 9.17) is 9.47 Å². The minimum absolute atomic E-state index is 0.0647. The molecule has 0 aliphatic carbocycles. The van der Waals surface area contributed by atoms with Gasteiger partial charge in [-0.1, -0.05) is 20.8 Å². The highest BCUT2D eigenvalue weighted by atomic mass is 16.6. The van der Waals surface area contributed by atoms with Crippen molar-refractivity contribution < 1.29 is 29.3 Å². The Morgan fingerprint density at radius 1 is 1.17 bits per heavy atom. The highest BCUT2D eigenvalue weighted by Gasteiger charge is 2.45. The Labute approximate surface area is 168 Å². The summed E-state index contributed by atoms with van der Waals surface area (Å²) in [5.74, 6) is -0.727. The van der Waals surface area contributed by atoms with E-state index < -0.39 is 47.0 Å². The van der Waals surface area contributed by atoms with Crippen LogP contribution in [0.1, 0.15) is 47.8 Å². The number of nitrogens with one attached hydrogen (secondary N) is 1. The highest BCUT2D eigenvalue weighted by molar-refractivity contribution is 5.93.